The Labute approximate surface area is 103 Å². The molecule has 0 spiro atoms. The zero-order chi connectivity index (χ0) is 11.8. The van der Waals surface area contributed by atoms with Gasteiger partial charge in [-0.1, -0.05) is 0 Å². The lowest BCUT2D eigenvalue weighted by Crippen LogP contribution is -2.24. The van der Waals surface area contributed by atoms with Crippen molar-refractivity contribution in [3.63, 3.8) is 0 Å². The number of nitrogens with zero attached hydrogens (tertiary/aromatic N) is 1. The first-order valence-electron chi connectivity index (χ1n) is 6.55. The minimum atomic E-state index is 0.682. The van der Waals surface area contributed by atoms with Crippen LogP contribution in [0.15, 0.2) is 18.2 Å². The smallest absolute Gasteiger partial charge is 0.0991 e. The number of anilines is 1. The van der Waals surface area contributed by atoms with E-state index in [-0.39, 0.29) is 0 Å². The molecule has 0 radical (unpaired) electrons. The van der Waals surface area contributed by atoms with Gasteiger partial charge < -0.3 is 5.32 Å². The molecule has 0 unspecified atom stereocenters. The van der Waals surface area contributed by atoms with Crippen molar-refractivity contribution in [3.05, 3.63) is 29.3 Å². The lowest BCUT2D eigenvalue weighted by atomic mass is 10.0. The van der Waals surface area contributed by atoms with Gasteiger partial charge >= 0.3 is 0 Å². The van der Waals surface area contributed by atoms with Gasteiger partial charge in [0.05, 0.1) is 11.6 Å². The Morgan fingerprint density at radius 3 is 2.35 bits per heavy atom. The Balaban J connectivity index is 1.77. The van der Waals surface area contributed by atoms with Gasteiger partial charge in [-0.25, -0.2) is 0 Å². The van der Waals surface area contributed by atoms with Crippen molar-refractivity contribution in [1.82, 2.24) is 0 Å². The summed E-state index contributed by atoms with van der Waals surface area (Å²) in [6, 6.07) is 8.81. The Bertz CT molecular complexity index is 452. The molecule has 3 rings (SSSR count). The Morgan fingerprint density at radius 1 is 1.24 bits per heavy atom. The molecule has 2 aliphatic rings. The number of hydrogen-bond acceptors (Lipinski definition) is 2. The largest absolute Gasteiger partial charge is 0.382 e. The van der Waals surface area contributed by atoms with Crippen LogP contribution >= 0.6 is 0 Å². The summed E-state index contributed by atoms with van der Waals surface area (Å²) in [6.45, 7) is 2.08. The van der Waals surface area contributed by atoms with Crippen molar-refractivity contribution in [3.8, 4) is 6.07 Å². The second-order valence-corrected chi connectivity index (χ2v) is 5.49. The average Bonchev–Trinajstić information content (AvgIpc) is 3.18. The zero-order valence-electron chi connectivity index (χ0n) is 10.2. The molecule has 0 saturated heterocycles. The number of hydrogen-bond donors (Lipinski definition) is 1. The fourth-order valence-corrected chi connectivity index (χ4v) is 2.61. The highest BCUT2D eigenvalue weighted by molar-refractivity contribution is 5.55. The van der Waals surface area contributed by atoms with Gasteiger partial charge in [0.25, 0.3) is 0 Å². The lowest BCUT2D eigenvalue weighted by Gasteiger charge is -2.20. The number of nitrogens with one attached hydrogen (secondary N) is 1. The van der Waals surface area contributed by atoms with E-state index < -0.39 is 0 Å². The molecule has 0 aliphatic heterocycles. The van der Waals surface area contributed by atoms with Gasteiger partial charge in [0, 0.05) is 11.7 Å². The molecule has 2 saturated carbocycles. The summed E-state index contributed by atoms with van der Waals surface area (Å²) in [5.74, 6) is 1.80. The van der Waals surface area contributed by atoms with Crippen LogP contribution in [-0.4, -0.2) is 6.04 Å². The SMILES string of the molecule is Cc1cc(C#N)ccc1NC(C1CC1)C1CC1. The minimum Gasteiger partial charge on any atom is -0.382 e. The van der Waals surface area contributed by atoms with Crippen LogP contribution in [0.2, 0.25) is 0 Å². The fraction of sp³-hybridized carbons (Fsp3) is 0.533. The molecule has 88 valence electrons. The predicted octanol–water partition coefficient (Wildman–Crippen LogP) is 3.47. The van der Waals surface area contributed by atoms with Crippen molar-refractivity contribution >= 4 is 5.69 Å². The highest BCUT2D eigenvalue weighted by atomic mass is 15.0. The van der Waals surface area contributed by atoms with Crippen LogP contribution in [0.25, 0.3) is 0 Å². The summed E-state index contributed by atoms with van der Waals surface area (Å²) in [4.78, 5) is 0. The topological polar surface area (TPSA) is 35.8 Å². The van der Waals surface area contributed by atoms with Gasteiger partial charge in [0.1, 0.15) is 0 Å². The van der Waals surface area contributed by atoms with E-state index in [1.54, 1.807) is 0 Å². The van der Waals surface area contributed by atoms with E-state index in [1.807, 2.05) is 12.1 Å². The van der Waals surface area contributed by atoms with Crippen molar-refractivity contribution in [2.45, 2.75) is 38.6 Å². The van der Waals surface area contributed by atoms with Gasteiger partial charge in [0.2, 0.25) is 0 Å². The first-order chi connectivity index (χ1) is 8.28. The molecule has 2 fully saturated rings. The van der Waals surface area contributed by atoms with Crippen LogP contribution in [0.3, 0.4) is 0 Å². The monoisotopic (exact) mass is 226 g/mol. The summed E-state index contributed by atoms with van der Waals surface area (Å²) in [6.07, 6.45) is 5.57. The molecule has 0 atom stereocenters. The third-order valence-electron chi connectivity index (χ3n) is 3.94. The van der Waals surface area contributed by atoms with E-state index in [2.05, 4.69) is 24.4 Å². The van der Waals surface area contributed by atoms with E-state index in [1.165, 1.54) is 36.9 Å². The van der Waals surface area contributed by atoms with Crippen LogP contribution < -0.4 is 5.32 Å². The van der Waals surface area contributed by atoms with Crippen LogP contribution in [0, 0.1) is 30.1 Å². The Morgan fingerprint density at radius 2 is 1.88 bits per heavy atom. The summed E-state index contributed by atoms with van der Waals surface area (Å²) >= 11 is 0. The Hall–Kier alpha value is -1.49. The molecule has 1 aromatic carbocycles. The van der Waals surface area contributed by atoms with E-state index in [9.17, 15) is 0 Å². The molecule has 0 heterocycles. The number of nitriles is 1. The summed E-state index contributed by atoms with van der Waals surface area (Å²) in [5.41, 5.74) is 3.16. The van der Waals surface area contributed by atoms with Crippen molar-refractivity contribution in [2.75, 3.05) is 5.32 Å². The maximum Gasteiger partial charge on any atom is 0.0991 e. The number of benzene rings is 1. The van der Waals surface area contributed by atoms with Crippen molar-refractivity contribution in [1.29, 1.82) is 5.26 Å². The molecule has 1 N–H and O–H groups in total. The van der Waals surface area contributed by atoms with Crippen LogP contribution in [0.4, 0.5) is 5.69 Å². The molecule has 2 nitrogen and oxygen atoms in total. The molecule has 2 aliphatic carbocycles. The number of aryl methyl sites for hydroxylation is 1. The number of rotatable bonds is 4. The molecule has 0 amide bonds. The summed E-state index contributed by atoms with van der Waals surface area (Å²) in [5, 5.41) is 12.6. The van der Waals surface area contributed by atoms with Crippen LogP contribution in [-0.2, 0) is 0 Å². The van der Waals surface area contributed by atoms with Crippen LogP contribution in [0.1, 0.15) is 36.8 Å². The van der Waals surface area contributed by atoms with E-state index in [0.717, 1.165) is 17.4 Å². The van der Waals surface area contributed by atoms with E-state index >= 15 is 0 Å². The molecule has 2 heteroatoms. The third kappa shape index (κ3) is 2.29. The van der Waals surface area contributed by atoms with E-state index in [0.29, 0.717) is 6.04 Å². The quantitative estimate of drug-likeness (QED) is 0.853. The van der Waals surface area contributed by atoms with Gasteiger partial charge in [-0.15, -0.1) is 0 Å². The standard InChI is InChI=1S/C15H18N2/c1-10-8-11(9-16)2-7-14(10)17-15(12-3-4-12)13-5-6-13/h2,7-8,12-13,15,17H,3-6H2,1H3. The maximum absolute atomic E-state index is 8.86. The first-order valence-corrected chi connectivity index (χ1v) is 6.55. The van der Waals surface area contributed by atoms with Gasteiger partial charge in [-0.3, -0.25) is 0 Å². The second kappa shape index (κ2) is 4.07. The van der Waals surface area contributed by atoms with E-state index in [4.69, 9.17) is 5.26 Å². The lowest BCUT2D eigenvalue weighted by molar-refractivity contribution is 0.567. The minimum absolute atomic E-state index is 0.682. The van der Waals surface area contributed by atoms with Gasteiger partial charge in [0.15, 0.2) is 0 Å². The van der Waals surface area contributed by atoms with Crippen molar-refractivity contribution < 1.29 is 0 Å². The predicted molar refractivity (Wildman–Crippen MR) is 68.8 cm³/mol. The molecule has 17 heavy (non-hydrogen) atoms. The molecule has 0 aromatic heterocycles. The van der Waals surface area contributed by atoms with Crippen molar-refractivity contribution in [2.24, 2.45) is 11.8 Å². The zero-order valence-corrected chi connectivity index (χ0v) is 10.2. The maximum atomic E-state index is 8.86. The third-order valence-corrected chi connectivity index (χ3v) is 3.94. The fourth-order valence-electron chi connectivity index (χ4n) is 2.61. The second-order valence-electron chi connectivity index (χ2n) is 5.49. The summed E-state index contributed by atoms with van der Waals surface area (Å²) < 4.78 is 0. The molecule has 0 bridgehead atoms. The average molecular weight is 226 g/mol. The highest BCUT2D eigenvalue weighted by Crippen LogP contribution is 2.46. The normalized spacial score (nSPS) is 19.1. The molecule has 1 aromatic rings. The first kappa shape index (κ1) is 10.7. The molecular weight excluding hydrogens is 208 g/mol. The summed E-state index contributed by atoms with van der Waals surface area (Å²) in [7, 11) is 0. The van der Waals surface area contributed by atoms with Gasteiger partial charge in [-0.2, -0.15) is 5.26 Å². The van der Waals surface area contributed by atoms with Crippen LogP contribution in [0.5, 0.6) is 0 Å². The molecular formula is C15H18N2. The Kier molecular flexibility index (Phi) is 2.55. The highest BCUT2D eigenvalue weighted by Gasteiger charge is 2.41. The van der Waals surface area contributed by atoms with Gasteiger partial charge in [-0.05, 0) is 68.2 Å².